The lowest BCUT2D eigenvalue weighted by atomic mass is 10.2. The van der Waals surface area contributed by atoms with Gasteiger partial charge in [-0.1, -0.05) is 0 Å². The fourth-order valence-electron chi connectivity index (χ4n) is 3.14. The minimum absolute atomic E-state index is 0.321. The van der Waals surface area contributed by atoms with Crippen LogP contribution in [0, 0.1) is 0 Å². The smallest absolute Gasteiger partial charge is 0.191 e. The van der Waals surface area contributed by atoms with Crippen molar-refractivity contribution in [3.05, 3.63) is 36.2 Å². The predicted octanol–water partition coefficient (Wildman–Crippen LogP) is 1.76. The number of H-pyrrole nitrogens is 1. The van der Waals surface area contributed by atoms with Crippen LogP contribution < -0.4 is 25.0 Å². The lowest BCUT2D eigenvalue weighted by Crippen LogP contribution is -2.44. The first-order valence-corrected chi connectivity index (χ1v) is 9.23. The van der Waals surface area contributed by atoms with Crippen LogP contribution in [0.4, 0.5) is 5.69 Å². The molecule has 1 fully saturated rings. The zero-order valence-electron chi connectivity index (χ0n) is 16.2. The lowest BCUT2D eigenvalue weighted by molar-refractivity contribution is 0.394. The van der Waals surface area contributed by atoms with Crippen molar-refractivity contribution < 1.29 is 9.47 Å². The maximum atomic E-state index is 5.39. The highest BCUT2D eigenvalue weighted by atomic mass is 16.5. The molecule has 1 atom stereocenters. The molecule has 1 aromatic heterocycles. The molecule has 1 aliphatic rings. The van der Waals surface area contributed by atoms with Crippen molar-refractivity contribution in [2.24, 2.45) is 4.99 Å². The van der Waals surface area contributed by atoms with Crippen LogP contribution in [0.5, 0.6) is 11.5 Å². The monoisotopic (exact) mass is 372 g/mol. The van der Waals surface area contributed by atoms with E-state index in [1.54, 1.807) is 20.4 Å². The number of hydrogen-bond donors (Lipinski definition) is 3. The third-order valence-electron chi connectivity index (χ3n) is 4.54. The van der Waals surface area contributed by atoms with Crippen molar-refractivity contribution >= 4 is 11.6 Å². The van der Waals surface area contributed by atoms with Crippen molar-refractivity contribution in [1.29, 1.82) is 0 Å². The van der Waals surface area contributed by atoms with Crippen LogP contribution in [0.3, 0.4) is 0 Å². The van der Waals surface area contributed by atoms with Crippen LogP contribution in [-0.4, -0.2) is 56.1 Å². The maximum absolute atomic E-state index is 5.39. The number of guanidine groups is 1. The molecule has 146 valence electrons. The molecule has 2 heterocycles. The average molecular weight is 372 g/mol. The normalized spacial score (nSPS) is 17.1. The molecule has 1 saturated heterocycles. The van der Waals surface area contributed by atoms with Crippen molar-refractivity contribution in [3.63, 3.8) is 0 Å². The minimum atomic E-state index is 0.321. The molecule has 3 rings (SSSR count). The molecule has 8 heteroatoms. The van der Waals surface area contributed by atoms with Crippen molar-refractivity contribution in [2.75, 3.05) is 38.8 Å². The van der Waals surface area contributed by atoms with Crippen molar-refractivity contribution in [2.45, 2.75) is 25.9 Å². The predicted molar refractivity (Wildman–Crippen MR) is 107 cm³/mol. The highest BCUT2D eigenvalue weighted by Gasteiger charge is 2.24. The van der Waals surface area contributed by atoms with E-state index in [1.807, 2.05) is 24.3 Å². The van der Waals surface area contributed by atoms with Gasteiger partial charge in [0, 0.05) is 55.8 Å². The number of nitrogens with one attached hydrogen (secondary N) is 3. The van der Waals surface area contributed by atoms with Crippen LogP contribution in [0.1, 0.15) is 19.0 Å². The highest BCUT2D eigenvalue weighted by Crippen LogP contribution is 2.30. The number of hydrogen-bond acceptors (Lipinski definition) is 5. The molecule has 8 nitrogen and oxygen atoms in total. The summed E-state index contributed by atoms with van der Waals surface area (Å²) in [6, 6.07) is 8.23. The Kier molecular flexibility index (Phi) is 6.40. The molecule has 1 unspecified atom stereocenters. The second-order valence-corrected chi connectivity index (χ2v) is 6.42. The van der Waals surface area contributed by atoms with E-state index in [0.29, 0.717) is 12.6 Å². The van der Waals surface area contributed by atoms with Crippen LogP contribution in [0.15, 0.2) is 35.5 Å². The van der Waals surface area contributed by atoms with Gasteiger partial charge in [0.05, 0.1) is 26.5 Å². The molecule has 0 saturated carbocycles. The minimum Gasteiger partial charge on any atom is -0.497 e. The molecule has 0 spiro atoms. The summed E-state index contributed by atoms with van der Waals surface area (Å²) in [6.45, 7) is 5.31. The molecule has 27 heavy (non-hydrogen) atoms. The van der Waals surface area contributed by atoms with Gasteiger partial charge in [-0.05, 0) is 19.4 Å². The van der Waals surface area contributed by atoms with E-state index < -0.39 is 0 Å². The summed E-state index contributed by atoms with van der Waals surface area (Å²) in [5.41, 5.74) is 2.10. The third-order valence-corrected chi connectivity index (χ3v) is 4.54. The maximum Gasteiger partial charge on any atom is 0.191 e. The zero-order chi connectivity index (χ0) is 19.1. The van der Waals surface area contributed by atoms with Gasteiger partial charge in [0.25, 0.3) is 0 Å². The largest absolute Gasteiger partial charge is 0.497 e. The summed E-state index contributed by atoms with van der Waals surface area (Å²) in [6.07, 6.45) is 2.77. The van der Waals surface area contributed by atoms with Crippen LogP contribution in [0.2, 0.25) is 0 Å². The summed E-state index contributed by atoms with van der Waals surface area (Å²) in [5.74, 6) is 2.42. The Morgan fingerprint density at radius 3 is 2.70 bits per heavy atom. The highest BCUT2D eigenvalue weighted by molar-refractivity contribution is 5.80. The Labute approximate surface area is 160 Å². The van der Waals surface area contributed by atoms with Gasteiger partial charge in [-0.2, -0.15) is 5.10 Å². The Morgan fingerprint density at radius 1 is 1.30 bits per heavy atom. The molecular formula is C19H28N6O2. The number of aromatic amines is 1. The molecule has 0 bridgehead atoms. The Bertz CT molecular complexity index is 724. The van der Waals surface area contributed by atoms with E-state index >= 15 is 0 Å². The van der Waals surface area contributed by atoms with E-state index in [-0.39, 0.29) is 0 Å². The van der Waals surface area contributed by atoms with E-state index in [2.05, 4.69) is 37.6 Å². The number of aliphatic imine (C=N–C) groups is 1. The summed E-state index contributed by atoms with van der Waals surface area (Å²) in [5, 5.41) is 13.7. The number of methoxy groups -OCH3 is 2. The van der Waals surface area contributed by atoms with E-state index in [0.717, 1.165) is 54.9 Å². The number of benzene rings is 1. The summed E-state index contributed by atoms with van der Waals surface area (Å²) in [4.78, 5) is 6.97. The first-order chi connectivity index (χ1) is 13.2. The third kappa shape index (κ3) is 5.06. The van der Waals surface area contributed by atoms with Gasteiger partial charge in [0.2, 0.25) is 0 Å². The van der Waals surface area contributed by atoms with Gasteiger partial charge < -0.3 is 25.0 Å². The molecule has 0 aliphatic carbocycles. The molecule has 1 aromatic carbocycles. The van der Waals surface area contributed by atoms with E-state index in [4.69, 9.17) is 9.47 Å². The topological polar surface area (TPSA) is 86.8 Å². The molecule has 3 N–H and O–H groups in total. The quantitative estimate of drug-likeness (QED) is 0.507. The van der Waals surface area contributed by atoms with Gasteiger partial charge in [-0.15, -0.1) is 0 Å². The second-order valence-electron chi connectivity index (χ2n) is 6.42. The first-order valence-electron chi connectivity index (χ1n) is 9.23. The number of ether oxygens (including phenoxy) is 2. The number of aromatic nitrogens is 2. The summed E-state index contributed by atoms with van der Waals surface area (Å²) < 4.78 is 10.8. The molecule has 2 aromatic rings. The molecule has 0 amide bonds. The Balaban J connectivity index is 1.63. The summed E-state index contributed by atoms with van der Waals surface area (Å²) >= 11 is 0. The molecule has 1 aliphatic heterocycles. The van der Waals surface area contributed by atoms with Gasteiger partial charge in [-0.25, -0.2) is 4.99 Å². The summed E-state index contributed by atoms with van der Waals surface area (Å²) in [7, 11) is 3.34. The van der Waals surface area contributed by atoms with Crippen LogP contribution >= 0.6 is 0 Å². The second kappa shape index (κ2) is 9.16. The Morgan fingerprint density at radius 2 is 2.07 bits per heavy atom. The fourth-order valence-corrected chi connectivity index (χ4v) is 3.14. The van der Waals surface area contributed by atoms with Crippen LogP contribution in [-0.2, 0) is 6.54 Å². The molecule has 0 radical (unpaired) electrons. The SMILES string of the molecule is CCNC(=NCc1ccn[nH]1)NC1CCN(c2cc(OC)cc(OC)c2)C1. The van der Waals surface area contributed by atoms with Gasteiger partial charge >= 0.3 is 0 Å². The fraction of sp³-hybridized carbons (Fsp3) is 0.474. The van der Waals surface area contributed by atoms with Crippen LogP contribution in [0.25, 0.3) is 0 Å². The lowest BCUT2D eigenvalue weighted by Gasteiger charge is -2.21. The van der Waals surface area contributed by atoms with E-state index in [9.17, 15) is 0 Å². The standard InChI is InChI=1S/C19H28N6O2/c1-4-20-19(21-12-14-5-7-22-24-14)23-15-6-8-25(13-15)16-9-17(26-2)11-18(10-16)27-3/h5,7,9-11,15H,4,6,8,12-13H2,1-3H3,(H,22,24)(H2,20,21,23). The number of anilines is 1. The average Bonchev–Trinajstić information content (AvgIpc) is 3.38. The number of nitrogens with zero attached hydrogens (tertiary/aromatic N) is 3. The van der Waals surface area contributed by atoms with Gasteiger partial charge in [0.15, 0.2) is 5.96 Å². The van der Waals surface area contributed by atoms with Crippen molar-refractivity contribution in [1.82, 2.24) is 20.8 Å². The molecular weight excluding hydrogens is 344 g/mol. The van der Waals surface area contributed by atoms with Gasteiger partial charge in [-0.3, -0.25) is 5.10 Å². The van der Waals surface area contributed by atoms with Gasteiger partial charge in [0.1, 0.15) is 11.5 Å². The first kappa shape index (κ1) is 18.9. The Hall–Kier alpha value is -2.90. The zero-order valence-corrected chi connectivity index (χ0v) is 16.2. The number of rotatable bonds is 7. The van der Waals surface area contributed by atoms with E-state index in [1.165, 1.54) is 0 Å². The van der Waals surface area contributed by atoms with Crippen molar-refractivity contribution in [3.8, 4) is 11.5 Å².